The van der Waals surface area contributed by atoms with Gasteiger partial charge in [0.1, 0.15) is 5.78 Å². The van der Waals surface area contributed by atoms with Crippen molar-refractivity contribution in [1.82, 2.24) is 4.90 Å². The van der Waals surface area contributed by atoms with Crippen LogP contribution in [0.2, 0.25) is 0 Å². The molecular formula is C22H35NO. The zero-order chi connectivity index (χ0) is 17.5. The molecule has 0 aromatic heterocycles. The van der Waals surface area contributed by atoms with Gasteiger partial charge in [-0.25, -0.2) is 0 Å². The van der Waals surface area contributed by atoms with Gasteiger partial charge >= 0.3 is 0 Å². The van der Waals surface area contributed by atoms with Gasteiger partial charge in [0.05, 0.1) is 0 Å². The third kappa shape index (κ3) is 5.73. The molecule has 1 aromatic carbocycles. The maximum atomic E-state index is 11.6. The second kappa shape index (κ2) is 9.36. The minimum Gasteiger partial charge on any atom is -0.303 e. The molecular weight excluding hydrogens is 294 g/mol. The summed E-state index contributed by atoms with van der Waals surface area (Å²) in [6.07, 6.45) is 5.51. The van der Waals surface area contributed by atoms with Crippen molar-refractivity contribution in [2.45, 2.75) is 71.6 Å². The average molecular weight is 330 g/mol. The summed E-state index contributed by atoms with van der Waals surface area (Å²) in [7, 11) is 0. The molecule has 0 radical (unpaired) electrons. The van der Waals surface area contributed by atoms with Gasteiger partial charge in [-0.15, -0.1) is 0 Å². The second-order valence-corrected chi connectivity index (χ2v) is 8.02. The maximum Gasteiger partial charge on any atom is 0.135 e. The highest BCUT2D eigenvalue weighted by molar-refractivity contribution is 5.80. The summed E-state index contributed by atoms with van der Waals surface area (Å²) in [5.74, 6) is 1.95. The first kappa shape index (κ1) is 19.2. The van der Waals surface area contributed by atoms with Crippen LogP contribution >= 0.6 is 0 Å². The van der Waals surface area contributed by atoms with E-state index in [0.29, 0.717) is 11.7 Å². The number of benzene rings is 1. The third-order valence-electron chi connectivity index (χ3n) is 5.45. The summed E-state index contributed by atoms with van der Waals surface area (Å²) >= 11 is 0. The lowest BCUT2D eigenvalue weighted by molar-refractivity contribution is -0.122. The van der Waals surface area contributed by atoms with Gasteiger partial charge in [0.15, 0.2) is 0 Å². The monoisotopic (exact) mass is 329 g/mol. The number of nitrogens with zero attached hydrogens (tertiary/aromatic N) is 1. The molecule has 0 bridgehead atoms. The molecule has 1 aliphatic heterocycles. The zero-order valence-corrected chi connectivity index (χ0v) is 16.1. The van der Waals surface area contributed by atoms with Crippen molar-refractivity contribution in [3.05, 3.63) is 35.4 Å². The van der Waals surface area contributed by atoms with Crippen LogP contribution in [0.1, 0.15) is 82.8 Å². The number of likely N-dealkylation sites (tertiary alicyclic amines) is 1. The normalized spacial score (nSPS) is 16.9. The molecule has 0 aliphatic carbocycles. The van der Waals surface area contributed by atoms with Crippen molar-refractivity contribution < 1.29 is 4.79 Å². The Morgan fingerprint density at radius 2 is 1.67 bits per heavy atom. The van der Waals surface area contributed by atoms with Crippen molar-refractivity contribution in [3.8, 4) is 0 Å². The van der Waals surface area contributed by atoms with Crippen LogP contribution in [0.25, 0.3) is 0 Å². The minimum atomic E-state index is 0.197. The quantitative estimate of drug-likeness (QED) is 0.596. The number of unbranched alkanes of at least 4 members (excludes halogenated alkanes) is 1. The molecule has 134 valence electrons. The lowest BCUT2D eigenvalue weighted by Crippen LogP contribution is -2.33. The number of carbonyl (C=O) groups is 1. The highest BCUT2D eigenvalue weighted by Gasteiger charge is 2.20. The van der Waals surface area contributed by atoms with E-state index < -0.39 is 0 Å². The molecule has 1 fully saturated rings. The van der Waals surface area contributed by atoms with Gasteiger partial charge in [-0.2, -0.15) is 0 Å². The van der Waals surface area contributed by atoms with Gasteiger partial charge in [-0.05, 0) is 68.3 Å². The van der Waals surface area contributed by atoms with E-state index in [1.807, 2.05) is 13.8 Å². The first-order chi connectivity index (χ1) is 11.5. The molecule has 24 heavy (non-hydrogen) atoms. The number of rotatable bonds is 8. The fourth-order valence-electron chi connectivity index (χ4n) is 3.57. The Balaban J connectivity index is 1.68. The van der Waals surface area contributed by atoms with Gasteiger partial charge < -0.3 is 4.90 Å². The van der Waals surface area contributed by atoms with Crippen molar-refractivity contribution >= 4 is 5.78 Å². The summed E-state index contributed by atoms with van der Waals surface area (Å²) in [6.45, 7) is 12.1. The van der Waals surface area contributed by atoms with Crippen molar-refractivity contribution in [3.63, 3.8) is 0 Å². The topological polar surface area (TPSA) is 20.3 Å². The Hall–Kier alpha value is -1.15. The summed E-state index contributed by atoms with van der Waals surface area (Å²) in [5, 5.41) is 0. The number of hydrogen-bond acceptors (Lipinski definition) is 2. The molecule has 2 heteroatoms. The summed E-state index contributed by atoms with van der Waals surface area (Å²) in [6, 6.07) is 9.29. The van der Waals surface area contributed by atoms with E-state index in [9.17, 15) is 4.79 Å². The molecule has 0 atom stereocenters. The van der Waals surface area contributed by atoms with Gasteiger partial charge in [-0.1, -0.05) is 52.0 Å². The van der Waals surface area contributed by atoms with Gasteiger partial charge in [0, 0.05) is 12.3 Å². The first-order valence-corrected chi connectivity index (χ1v) is 9.82. The Kier molecular flexibility index (Phi) is 7.48. The smallest absolute Gasteiger partial charge is 0.135 e. The standard InChI is InChI=1S/C22H35NO/c1-17(2)19-8-10-20(11-9-19)21-12-15-23(16-13-21)14-6-5-7-22(24)18(3)4/h8-11,17-18,21H,5-7,12-16H2,1-4H3. The van der Waals surface area contributed by atoms with E-state index in [-0.39, 0.29) is 5.92 Å². The van der Waals surface area contributed by atoms with Crippen molar-refractivity contribution in [2.75, 3.05) is 19.6 Å². The van der Waals surface area contributed by atoms with Crippen LogP contribution in [-0.2, 0) is 4.79 Å². The van der Waals surface area contributed by atoms with Crippen LogP contribution in [0.4, 0.5) is 0 Å². The number of hydrogen-bond donors (Lipinski definition) is 0. The van der Waals surface area contributed by atoms with E-state index in [1.165, 1.54) is 37.1 Å². The Bertz CT molecular complexity index is 495. The van der Waals surface area contributed by atoms with Crippen LogP contribution in [-0.4, -0.2) is 30.3 Å². The fraction of sp³-hybridized carbons (Fsp3) is 0.682. The Morgan fingerprint density at radius 1 is 1.04 bits per heavy atom. The molecule has 1 saturated heterocycles. The zero-order valence-electron chi connectivity index (χ0n) is 16.1. The molecule has 0 saturated carbocycles. The number of piperidine rings is 1. The van der Waals surface area contributed by atoms with E-state index >= 15 is 0 Å². The van der Waals surface area contributed by atoms with E-state index in [2.05, 4.69) is 43.0 Å². The van der Waals surface area contributed by atoms with Gasteiger partial charge in [0.25, 0.3) is 0 Å². The summed E-state index contributed by atoms with van der Waals surface area (Å²) in [4.78, 5) is 14.2. The van der Waals surface area contributed by atoms with Crippen molar-refractivity contribution in [2.24, 2.45) is 5.92 Å². The molecule has 0 spiro atoms. The number of Topliss-reactive ketones (excluding diaryl/α,β-unsaturated/α-hetero) is 1. The Morgan fingerprint density at radius 3 is 2.21 bits per heavy atom. The lowest BCUT2D eigenvalue weighted by Gasteiger charge is -2.32. The maximum absolute atomic E-state index is 11.6. The van der Waals surface area contributed by atoms with E-state index in [1.54, 1.807) is 0 Å². The molecule has 1 heterocycles. The van der Waals surface area contributed by atoms with Gasteiger partial charge in [0.2, 0.25) is 0 Å². The minimum absolute atomic E-state index is 0.197. The first-order valence-electron chi connectivity index (χ1n) is 9.82. The molecule has 0 amide bonds. The van der Waals surface area contributed by atoms with Crippen molar-refractivity contribution in [1.29, 1.82) is 0 Å². The number of carbonyl (C=O) groups excluding carboxylic acids is 1. The molecule has 0 unspecified atom stereocenters. The predicted molar refractivity (Wildman–Crippen MR) is 103 cm³/mol. The van der Waals surface area contributed by atoms with E-state index in [0.717, 1.165) is 31.7 Å². The molecule has 1 aromatic rings. The fourth-order valence-corrected chi connectivity index (χ4v) is 3.57. The third-order valence-corrected chi connectivity index (χ3v) is 5.45. The van der Waals surface area contributed by atoms with E-state index in [4.69, 9.17) is 0 Å². The molecule has 1 aliphatic rings. The highest BCUT2D eigenvalue weighted by Crippen LogP contribution is 2.29. The largest absolute Gasteiger partial charge is 0.303 e. The summed E-state index contributed by atoms with van der Waals surface area (Å²) < 4.78 is 0. The number of ketones is 1. The van der Waals surface area contributed by atoms with Crippen LogP contribution in [0.15, 0.2) is 24.3 Å². The molecule has 2 nitrogen and oxygen atoms in total. The average Bonchev–Trinajstić information content (AvgIpc) is 2.59. The molecule has 0 N–H and O–H groups in total. The predicted octanol–water partition coefficient (Wildman–Crippen LogP) is 5.38. The van der Waals surface area contributed by atoms with Crippen LogP contribution < -0.4 is 0 Å². The summed E-state index contributed by atoms with van der Waals surface area (Å²) in [5.41, 5.74) is 2.95. The van der Waals surface area contributed by atoms with Crippen LogP contribution in [0.5, 0.6) is 0 Å². The van der Waals surface area contributed by atoms with Crippen LogP contribution in [0, 0.1) is 5.92 Å². The lowest BCUT2D eigenvalue weighted by atomic mass is 9.88. The SMILES string of the molecule is CC(C)C(=O)CCCCN1CCC(c2ccc(C(C)C)cc2)CC1. The van der Waals surface area contributed by atoms with Crippen LogP contribution in [0.3, 0.4) is 0 Å². The highest BCUT2D eigenvalue weighted by atomic mass is 16.1. The molecule has 2 rings (SSSR count). The van der Waals surface area contributed by atoms with Gasteiger partial charge in [-0.3, -0.25) is 4.79 Å². The second-order valence-electron chi connectivity index (χ2n) is 8.02. The Labute approximate surface area is 148 Å².